The van der Waals surface area contributed by atoms with Crippen molar-refractivity contribution in [1.82, 2.24) is 9.97 Å². The van der Waals surface area contributed by atoms with Crippen LogP contribution in [0.25, 0.3) is 0 Å². The Labute approximate surface area is 101 Å². The van der Waals surface area contributed by atoms with Crippen molar-refractivity contribution in [2.24, 2.45) is 0 Å². The second kappa shape index (κ2) is 4.80. The molecule has 2 rings (SSSR count). The summed E-state index contributed by atoms with van der Waals surface area (Å²) in [5.74, 6) is -0.526. The molecule has 17 heavy (non-hydrogen) atoms. The lowest BCUT2D eigenvalue weighted by Crippen LogP contribution is -2.21. The maximum Gasteiger partial charge on any atom is 0.261 e. The van der Waals surface area contributed by atoms with Crippen LogP contribution in [0.5, 0.6) is 0 Å². The van der Waals surface area contributed by atoms with E-state index in [1.54, 1.807) is 6.07 Å². The van der Waals surface area contributed by atoms with Gasteiger partial charge in [0.25, 0.3) is 5.91 Å². The largest absolute Gasteiger partial charge is 0.367 e. The minimum Gasteiger partial charge on any atom is -0.367 e. The molecule has 2 aromatic rings. The molecule has 0 aliphatic carbocycles. The van der Waals surface area contributed by atoms with E-state index in [4.69, 9.17) is 11.6 Å². The summed E-state index contributed by atoms with van der Waals surface area (Å²) in [6, 6.07) is 2.83. The number of anilines is 1. The van der Waals surface area contributed by atoms with Crippen LogP contribution in [0.2, 0.25) is 5.02 Å². The quantitative estimate of drug-likeness (QED) is 0.850. The number of nitrogens with one attached hydrogen (secondary N) is 2. The topological polar surface area (TPSA) is 74.8 Å². The minimum absolute atomic E-state index is 0.0208. The van der Waals surface area contributed by atoms with Crippen LogP contribution < -0.4 is 10.7 Å². The summed E-state index contributed by atoms with van der Waals surface area (Å²) in [5.41, 5.74) is 0.0242. The van der Waals surface area contributed by atoms with Crippen molar-refractivity contribution in [2.75, 3.05) is 5.32 Å². The third-order valence-electron chi connectivity index (χ3n) is 2.08. The zero-order valence-electron chi connectivity index (χ0n) is 8.61. The van der Waals surface area contributed by atoms with Crippen LogP contribution in [0.3, 0.4) is 0 Å². The SMILES string of the molecule is O=C(Nc1cnccc1Cl)c1c[nH]ccc1=O. The molecule has 0 spiro atoms. The lowest BCUT2D eigenvalue weighted by molar-refractivity contribution is 0.102. The van der Waals surface area contributed by atoms with Crippen molar-refractivity contribution < 1.29 is 4.79 Å². The van der Waals surface area contributed by atoms with Gasteiger partial charge >= 0.3 is 0 Å². The molecule has 0 radical (unpaired) electrons. The number of hydrogen-bond donors (Lipinski definition) is 2. The van der Waals surface area contributed by atoms with Gasteiger partial charge in [-0.25, -0.2) is 0 Å². The van der Waals surface area contributed by atoms with E-state index in [0.29, 0.717) is 10.7 Å². The summed E-state index contributed by atoms with van der Waals surface area (Å²) < 4.78 is 0. The van der Waals surface area contributed by atoms with Crippen LogP contribution in [0, 0.1) is 0 Å². The monoisotopic (exact) mass is 249 g/mol. The van der Waals surface area contributed by atoms with Crippen LogP contribution in [0.15, 0.2) is 41.7 Å². The Kier molecular flexibility index (Phi) is 3.20. The summed E-state index contributed by atoms with van der Waals surface area (Å²) in [4.78, 5) is 29.7. The Morgan fingerprint density at radius 3 is 2.94 bits per heavy atom. The zero-order chi connectivity index (χ0) is 12.3. The highest BCUT2D eigenvalue weighted by Crippen LogP contribution is 2.19. The fraction of sp³-hybridized carbons (Fsp3) is 0. The van der Waals surface area contributed by atoms with Gasteiger partial charge in [-0.2, -0.15) is 0 Å². The highest BCUT2D eigenvalue weighted by atomic mass is 35.5. The number of aromatic nitrogens is 2. The molecule has 0 fully saturated rings. The number of rotatable bonds is 2. The maximum atomic E-state index is 11.8. The normalized spacial score (nSPS) is 9.94. The summed E-state index contributed by atoms with van der Waals surface area (Å²) in [6.45, 7) is 0. The second-order valence-corrected chi connectivity index (χ2v) is 3.64. The predicted molar refractivity (Wildman–Crippen MR) is 64.3 cm³/mol. The number of halogens is 1. The van der Waals surface area contributed by atoms with Crippen molar-refractivity contribution in [2.45, 2.75) is 0 Å². The smallest absolute Gasteiger partial charge is 0.261 e. The molecule has 1 amide bonds. The Bertz CT molecular complexity index is 609. The van der Waals surface area contributed by atoms with Crippen molar-refractivity contribution >= 4 is 23.2 Å². The summed E-state index contributed by atoms with van der Waals surface area (Å²) >= 11 is 5.85. The first-order valence-corrected chi connectivity index (χ1v) is 5.14. The van der Waals surface area contributed by atoms with E-state index < -0.39 is 5.91 Å². The first-order valence-electron chi connectivity index (χ1n) is 4.76. The van der Waals surface area contributed by atoms with Crippen LogP contribution >= 0.6 is 11.6 Å². The molecule has 0 saturated heterocycles. The van der Waals surface area contributed by atoms with Crippen LogP contribution in [-0.4, -0.2) is 15.9 Å². The molecule has 2 N–H and O–H groups in total. The van der Waals surface area contributed by atoms with Gasteiger partial charge < -0.3 is 10.3 Å². The van der Waals surface area contributed by atoms with E-state index in [0.717, 1.165) is 0 Å². The minimum atomic E-state index is -0.526. The molecule has 0 aliphatic rings. The molecule has 0 bridgehead atoms. The molecule has 86 valence electrons. The summed E-state index contributed by atoms with van der Waals surface area (Å²) in [7, 11) is 0. The number of nitrogens with zero attached hydrogens (tertiary/aromatic N) is 1. The molecule has 2 aromatic heterocycles. The predicted octanol–water partition coefficient (Wildman–Crippen LogP) is 1.68. The van der Waals surface area contributed by atoms with E-state index in [-0.39, 0.29) is 11.0 Å². The van der Waals surface area contributed by atoms with Crippen molar-refractivity contribution in [3.05, 3.63) is 57.7 Å². The van der Waals surface area contributed by atoms with Gasteiger partial charge in [-0.3, -0.25) is 14.6 Å². The van der Waals surface area contributed by atoms with Gasteiger partial charge in [0, 0.05) is 24.7 Å². The lowest BCUT2D eigenvalue weighted by atomic mass is 10.2. The van der Waals surface area contributed by atoms with E-state index in [2.05, 4.69) is 15.3 Å². The molecule has 5 nitrogen and oxygen atoms in total. The van der Waals surface area contributed by atoms with Crippen molar-refractivity contribution in [1.29, 1.82) is 0 Å². The van der Waals surface area contributed by atoms with Crippen molar-refractivity contribution in [3.8, 4) is 0 Å². The number of carbonyl (C=O) groups is 1. The highest BCUT2D eigenvalue weighted by Gasteiger charge is 2.11. The van der Waals surface area contributed by atoms with E-state index in [1.807, 2.05) is 0 Å². The van der Waals surface area contributed by atoms with Gasteiger partial charge in [0.2, 0.25) is 0 Å². The Morgan fingerprint density at radius 1 is 1.41 bits per heavy atom. The number of aromatic amines is 1. The highest BCUT2D eigenvalue weighted by molar-refractivity contribution is 6.33. The van der Waals surface area contributed by atoms with E-state index >= 15 is 0 Å². The van der Waals surface area contributed by atoms with Crippen molar-refractivity contribution in [3.63, 3.8) is 0 Å². The second-order valence-electron chi connectivity index (χ2n) is 3.23. The fourth-order valence-corrected chi connectivity index (χ4v) is 1.41. The first-order chi connectivity index (χ1) is 8.18. The maximum absolute atomic E-state index is 11.8. The summed E-state index contributed by atoms with van der Waals surface area (Å²) in [6.07, 6.45) is 5.71. The number of hydrogen-bond acceptors (Lipinski definition) is 3. The third kappa shape index (κ3) is 2.51. The Balaban J connectivity index is 2.27. The van der Waals surface area contributed by atoms with Gasteiger partial charge in [-0.05, 0) is 6.07 Å². The lowest BCUT2D eigenvalue weighted by Gasteiger charge is -2.05. The molecule has 0 aliphatic heterocycles. The molecule has 0 saturated carbocycles. The average molecular weight is 250 g/mol. The van der Waals surface area contributed by atoms with Gasteiger partial charge in [-0.15, -0.1) is 0 Å². The molecule has 0 aromatic carbocycles. The van der Waals surface area contributed by atoms with Gasteiger partial charge in [0.1, 0.15) is 5.56 Å². The Morgan fingerprint density at radius 2 is 2.24 bits per heavy atom. The van der Waals surface area contributed by atoms with Gasteiger partial charge in [-0.1, -0.05) is 11.6 Å². The third-order valence-corrected chi connectivity index (χ3v) is 2.41. The van der Waals surface area contributed by atoms with E-state index in [1.165, 1.54) is 30.9 Å². The first kappa shape index (κ1) is 11.3. The number of amides is 1. The molecular weight excluding hydrogens is 242 g/mol. The molecule has 2 heterocycles. The molecular formula is C11H8ClN3O2. The number of H-pyrrole nitrogens is 1. The van der Waals surface area contributed by atoms with Crippen LogP contribution in [-0.2, 0) is 0 Å². The average Bonchev–Trinajstić information content (AvgIpc) is 2.32. The molecule has 0 atom stereocenters. The van der Waals surface area contributed by atoms with Crippen LogP contribution in [0.4, 0.5) is 5.69 Å². The number of pyridine rings is 2. The molecule has 0 unspecified atom stereocenters. The van der Waals surface area contributed by atoms with Crippen LogP contribution in [0.1, 0.15) is 10.4 Å². The zero-order valence-corrected chi connectivity index (χ0v) is 9.36. The van der Waals surface area contributed by atoms with E-state index in [9.17, 15) is 9.59 Å². The fourth-order valence-electron chi connectivity index (χ4n) is 1.25. The standard InChI is InChI=1S/C11H8ClN3O2/c12-8-1-3-14-6-9(8)15-11(17)7-5-13-4-2-10(7)16/h1-6H,(H,13,16)(H,15,17). The van der Waals surface area contributed by atoms with Gasteiger partial charge in [0.15, 0.2) is 5.43 Å². The Hall–Kier alpha value is -2.14. The molecule has 6 heteroatoms. The number of carbonyl (C=O) groups excluding carboxylic acids is 1. The van der Waals surface area contributed by atoms with Gasteiger partial charge in [0.05, 0.1) is 16.9 Å². The summed E-state index contributed by atoms with van der Waals surface area (Å²) in [5, 5.41) is 2.88.